The fraction of sp³-hybridized carbons (Fsp3) is 0.667. The molecule has 1 aromatic rings. The lowest BCUT2D eigenvalue weighted by Crippen LogP contribution is -2.49. The van der Waals surface area contributed by atoms with Gasteiger partial charge in [0.15, 0.2) is 0 Å². The Morgan fingerprint density at radius 1 is 1.24 bits per heavy atom. The van der Waals surface area contributed by atoms with Gasteiger partial charge in [-0.25, -0.2) is 0 Å². The Morgan fingerprint density at radius 2 is 1.92 bits per heavy atom. The number of aryl methyl sites for hydroxylation is 1. The third-order valence-corrected chi connectivity index (χ3v) is 6.30. The number of hydrogen-bond donors (Lipinski definition) is 2. The molecule has 2 atom stereocenters. The first-order chi connectivity index (χ1) is 12.1. The van der Waals surface area contributed by atoms with E-state index in [1.807, 2.05) is 0 Å². The number of nitrogens with two attached hydrogens (primary N) is 1. The van der Waals surface area contributed by atoms with E-state index >= 15 is 0 Å². The molecule has 0 aliphatic heterocycles. The van der Waals surface area contributed by atoms with Gasteiger partial charge in [-0.3, -0.25) is 4.79 Å². The Kier molecular flexibility index (Phi) is 6.00. The van der Waals surface area contributed by atoms with Crippen molar-refractivity contribution in [2.45, 2.75) is 52.0 Å². The van der Waals surface area contributed by atoms with E-state index in [1.54, 1.807) is 0 Å². The first-order valence-electron chi connectivity index (χ1n) is 9.94. The molecule has 1 amide bonds. The van der Waals surface area contributed by atoms with Crippen LogP contribution in [-0.4, -0.2) is 31.6 Å². The Hall–Kier alpha value is -1.55. The van der Waals surface area contributed by atoms with Gasteiger partial charge in [0.2, 0.25) is 5.91 Å². The van der Waals surface area contributed by atoms with Crippen LogP contribution < -0.4 is 16.0 Å². The summed E-state index contributed by atoms with van der Waals surface area (Å²) in [6.07, 6.45) is 5.67. The van der Waals surface area contributed by atoms with Gasteiger partial charge >= 0.3 is 0 Å². The van der Waals surface area contributed by atoms with E-state index < -0.39 is 0 Å². The van der Waals surface area contributed by atoms with Crippen molar-refractivity contribution in [2.75, 3.05) is 24.5 Å². The topological polar surface area (TPSA) is 58.4 Å². The molecule has 2 aliphatic rings. The molecule has 2 saturated carbocycles. The summed E-state index contributed by atoms with van der Waals surface area (Å²) in [5.74, 6) is 1.53. The monoisotopic (exact) mass is 343 g/mol. The van der Waals surface area contributed by atoms with Crippen molar-refractivity contribution in [3.63, 3.8) is 0 Å². The smallest absolute Gasteiger partial charge is 0.223 e. The molecular formula is C21H33N3O. The van der Waals surface area contributed by atoms with Crippen molar-refractivity contribution < 1.29 is 4.79 Å². The molecule has 3 N–H and O–H groups in total. The number of para-hydroxylation sites is 1. The fourth-order valence-corrected chi connectivity index (χ4v) is 4.83. The summed E-state index contributed by atoms with van der Waals surface area (Å²) in [6.45, 7) is 6.81. The highest BCUT2D eigenvalue weighted by molar-refractivity contribution is 5.78. The van der Waals surface area contributed by atoms with E-state index in [0.717, 1.165) is 25.9 Å². The highest BCUT2D eigenvalue weighted by Gasteiger charge is 2.40. The minimum Gasteiger partial charge on any atom is -0.370 e. The highest BCUT2D eigenvalue weighted by Crippen LogP contribution is 2.41. The van der Waals surface area contributed by atoms with E-state index in [2.05, 4.69) is 48.3 Å². The fourth-order valence-electron chi connectivity index (χ4n) is 4.83. The minimum atomic E-state index is 0.170. The maximum atomic E-state index is 12.6. The molecule has 3 rings (SSSR count). The Balaban J connectivity index is 1.50. The number of anilines is 1. The number of likely N-dealkylation sites (N-methyl/N-ethyl adjacent to an activating group) is 1. The molecule has 0 radical (unpaired) electrons. The summed E-state index contributed by atoms with van der Waals surface area (Å²) in [5, 5.41) is 3.19. The van der Waals surface area contributed by atoms with Crippen molar-refractivity contribution in [3.8, 4) is 0 Å². The standard InChI is InChI=1S/C21H33N3O/c1-3-24(19-10-5-4-7-15(19)2)12-11-23-21(25)18-13-16-8-6-9-17(14-18)20(16)22/h4-5,7,10,16-18,20H,3,6,8-9,11-14,22H2,1-2H3,(H,23,25). The molecule has 0 spiro atoms. The number of amides is 1. The van der Waals surface area contributed by atoms with Crippen LogP contribution in [-0.2, 0) is 4.79 Å². The van der Waals surface area contributed by atoms with Gasteiger partial charge in [-0.05, 0) is 63.0 Å². The minimum absolute atomic E-state index is 0.170. The number of benzene rings is 1. The second-order valence-corrected chi connectivity index (χ2v) is 7.85. The maximum Gasteiger partial charge on any atom is 0.223 e. The number of fused-ring (bicyclic) bond motifs is 2. The van der Waals surface area contributed by atoms with Gasteiger partial charge in [0.25, 0.3) is 0 Å². The highest BCUT2D eigenvalue weighted by atomic mass is 16.1. The third-order valence-electron chi connectivity index (χ3n) is 6.30. The Labute approximate surface area is 152 Å². The van der Waals surface area contributed by atoms with Crippen LogP contribution in [0.25, 0.3) is 0 Å². The zero-order valence-electron chi connectivity index (χ0n) is 15.7. The van der Waals surface area contributed by atoms with Crippen LogP contribution in [0.4, 0.5) is 5.69 Å². The number of carbonyl (C=O) groups excluding carboxylic acids is 1. The number of hydrogen-bond acceptors (Lipinski definition) is 3. The lowest BCUT2D eigenvalue weighted by molar-refractivity contribution is -0.127. The van der Waals surface area contributed by atoms with E-state index in [1.165, 1.54) is 30.5 Å². The maximum absolute atomic E-state index is 12.6. The van der Waals surface area contributed by atoms with Crippen LogP contribution >= 0.6 is 0 Å². The van der Waals surface area contributed by atoms with Crippen LogP contribution in [0.2, 0.25) is 0 Å². The molecule has 2 fully saturated rings. The number of nitrogens with zero attached hydrogens (tertiary/aromatic N) is 1. The summed E-state index contributed by atoms with van der Waals surface area (Å²) in [7, 11) is 0. The van der Waals surface area contributed by atoms with Gasteiger partial charge in [-0.15, -0.1) is 0 Å². The van der Waals surface area contributed by atoms with Gasteiger partial charge in [0.1, 0.15) is 0 Å². The average Bonchev–Trinajstić information content (AvgIpc) is 2.59. The van der Waals surface area contributed by atoms with Crippen molar-refractivity contribution in [2.24, 2.45) is 23.5 Å². The van der Waals surface area contributed by atoms with Crippen LogP contribution in [0.5, 0.6) is 0 Å². The van der Waals surface area contributed by atoms with Gasteiger partial charge in [0, 0.05) is 37.3 Å². The summed E-state index contributed by atoms with van der Waals surface area (Å²) in [4.78, 5) is 15.0. The van der Waals surface area contributed by atoms with Crippen molar-refractivity contribution in [3.05, 3.63) is 29.8 Å². The van der Waals surface area contributed by atoms with Crippen molar-refractivity contribution in [1.82, 2.24) is 5.32 Å². The molecule has 2 bridgehead atoms. The average molecular weight is 344 g/mol. The van der Waals surface area contributed by atoms with Gasteiger partial charge in [-0.1, -0.05) is 24.6 Å². The third kappa shape index (κ3) is 4.17. The predicted octanol–water partition coefficient (Wildman–Crippen LogP) is 3.09. The van der Waals surface area contributed by atoms with Crippen LogP contribution in [0.3, 0.4) is 0 Å². The zero-order valence-corrected chi connectivity index (χ0v) is 15.7. The lowest BCUT2D eigenvalue weighted by atomic mass is 9.65. The summed E-state index contributed by atoms with van der Waals surface area (Å²) in [6, 6.07) is 8.77. The largest absolute Gasteiger partial charge is 0.370 e. The summed E-state index contributed by atoms with van der Waals surface area (Å²) >= 11 is 0. The molecule has 2 aliphatic carbocycles. The van der Waals surface area contributed by atoms with Crippen LogP contribution in [0.15, 0.2) is 24.3 Å². The van der Waals surface area contributed by atoms with Gasteiger partial charge in [-0.2, -0.15) is 0 Å². The quantitative estimate of drug-likeness (QED) is 0.834. The van der Waals surface area contributed by atoms with E-state index in [-0.39, 0.29) is 11.8 Å². The predicted molar refractivity (Wildman–Crippen MR) is 104 cm³/mol. The molecule has 4 nitrogen and oxygen atoms in total. The Bertz CT molecular complexity index is 574. The van der Waals surface area contributed by atoms with E-state index in [4.69, 9.17) is 5.73 Å². The molecule has 0 aromatic heterocycles. The van der Waals surface area contributed by atoms with Gasteiger partial charge < -0.3 is 16.0 Å². The second kappa shape index (κ2) is 8.22. The van der Waals surface area contributed by atoms with E-state index in [0.29, 0.717) is 24.4 Å². The summed E-state index contributed by atoms with van der Waals surface area (Å²) in [5.41, 5.74) is 8.89. The van der Waals surface area contributed by atoms with E-state index in [9.17, 15) is 4.79 Å². The molecule has 1 aromatic carbocycles. The summed E-state index contributed by atoms with van der Waals surface area (Å²) < 4.78 is 0. The Morgan fingerprint density at radius 3 is 2.56 bits per heavy atom. The van der Waals surface area contributed by atoms with Crippen LogP contribution in [0.1, 0.15) is 44.6 Å². The molecule has 138 valence electrons. The number of rotatable bonds is 6. The molecule has 2 unspecified atom stereocenters. The normalized spacial score (nSPS) is 28.4. The molecule has 0 heterocycles. The molecular weight excluding hydrogens is 310 g/mol. The molecule has 4 heteroatoms. The first kappa shape index (κ1) is 18.2. The first-order valence-corrected chi connectivity index (χ1v) is 9.94. The second-order valence-electron chi connectivity index (χ2n) is 7.85. The SMILES string of the molecule is CCN(CCNC(=O)C1CC2CCCC(C1)C2N)c1ccccc1C. The molecule has 25 heavy (non-hydrogen) atoms. The zero-order chi connectivity index (χ0) is 17.8. The van der Waals surface area contributed by atoms with Crippen molar-refractivity contribution in [1.29, 1.82) is 0 Å². The van der Waals surface area contributed by atoms with Crippen molar-refractivity contribution >= 4 is 11.6 Å². The molecule has 0 saturated heterocycles. The van der Waals surface area contributed by atoms with Gasteiger partial charge in [0.05, 0.1) is 0 Å². The van der Waals surface area contributed by atoms with Crippen LogP contribution in [0, 0.1) is 24.7 Å². The number of carbonyl (C=O) groups is 1. The lowest BCUT2D eigenvalue weighted by Gasteiger charge is -2.43. The number of nitrogens with one attached hydrogen (secondary N) is 1.